The molecule has 0 saturated heterocycles. The van der Waals surface area contributed by atoms with Crippen molar-refractivity contribution in [3.63, 3.8) is 0 Å². The molecule has 1 atom stereocenters. The van der Waals surface area contributed by atoms with E-state index >= 15 is 0 Å². The molecule has 0 amide bonds. The van der Waals surface area contributed by atoms with Gasteiger partial charge in [0.05, 0.1) is 0 Å². The number of benzene rings is 2. The van der Waals surface area contributed by atoms with Crippen molar-refractivity contribution in [2.45, 2.75) is 30.3 Å². The molecule has 0 aliphatic carbocycles. The second-order valence-corrected chi connectivity index (χ2v) is 8.20. The van der Waals surface area contributed by atoms with Gasteiger partial charge >= 0.3 is 138 Å². The first-order chi connectivity index (χ1) is 10.3. The summed E-state index contributed by atoms with van der Waals surface area (Å²) in [6.07, 6.45) is 4.08. The molecular weight excluding hydrogens is 372 g/mol. The summed E-state index contributed by atoms with van der Waals surface area (Å²) in [7, 11) is 0. The minimum absolute atomic E-state index is 0.244. The van der Waals surface area contributed by atoms with Crippen LogP contribution in [0.15, 0.2) is 66.7 Å². The van der Waals surface area contributed by atoms with Crippen molar-refractivity contribution in [1.82, 2.24) is 0 Å². The van der Waals surface area contributed by atoms with Crippen molar-refractivity contribution in [3.8, 4) is 0 Å². The van der Waals surface area contributed by atoms with Gasteiger partial charge in [0.2, 0.25) is 0 Å². The Bertz CT molecular complexity index is 548. The Morgan fingerprint density at radius 2 is 1.67 bits per heavy atom. The maximum absolute atomic E-state index is 10.5. The molecule has 0 spiro atoms. The fourth-order valence-electron chi connectivity index (χ4n) is 2.05. The Morgan fingerprint density at radius 3 is 2.29 bits per heavy atom. The molecule has 21 heavy (non-hydrogen) atoms. The van der Waals surface area contributed by atoms with Crippen LogP contribution in [0.2, 0.25) is 4.47 Å². The SMILES string of the molecule is CCCC[Te]/C(=C\[C@H](O)c1ccccc1)c1ccccc1. The van der Waals surface area contributed by atoms with Crippen LogP contribution in [0, 0.1) is 0 Å². The van der Waals surface area contributed by atoms with Gasteiger partial charge < -0.3 is 0 Å². The van der Waals surface area contributed by atoms with Gasteiger partial charge in [0, 0.05) is 0 Å². The molecule has 2 rings (SSSR count). The summed E-state index contributed by atoms with van der Waals surface area (Å²) in [4.78, 5) is 0. The van der Waals surface area contributed by atoms with Gasteiger partial charge in [0.25, 0.3) is 0 Å². The standard InChI is InChI=1S/C19H22OTe/c1-2-3-14-21-19(17-12-8-5-9-13-17)15-18(20)16-10-6-4-7-11-16/h4-13,15,18,20H,2-3,14H2,1H3/b19-15-/t18-/m0/s1. The second-order valence-electron chi connectivity index (χ2n) is 4.95. The predicted molar refractivity (Wildman–Crippen MR) is 91.3 cm³/mol. The second kappa shape index (κ2) is 9.05. The molecule has 0 unspecified atom stereocenters. The normalized spacial score (nSPS) is 13.1. The van der Waals surface area contributed by atoms with E-state index in [-0.39, 0.29) is 20.9 Å². The fraction of sp³-hybridized carbons (Fsp3) is 0.263. The topological polar surface area (TPSA) is 20.2 Å². The summed E-state index contributed by atoms with van der Waals surface area (Å²) in [5, 5.41) is 10.5. The van der Waals surface area contributed by atoms with Crippen LogP contribution >= 0.6 is 0 Å². The first-order valence-corrected chi connectivity index (χ1v) is 10.3. The van der Waals surface area contributed by atoms with Gasteiger partial charge in [-0.15, -0.1) is 0 Å². The van der Waals surface area contributed by atoms with Crippen LogP contribution in [-0.2, 0) is 0 Å². The Hall–Kier alpha value is -1.07. The van der Waals surface area contributed by atoms with E-state index in [4.69, 9.17) is 0 Å². The summed E-state index contributed by atoms with van der Waals surface area (Å²) in [6.45, 7) is 2.23. The zero-order valence-corrected chi connectivity index (χ0v) is 14.7. The molecule has 0 fully saturated rings. The number of unbranched alkanes of at least 4 members (excludes halogenated alkanes) is 1. The van der Waals surface area contributed by atoms with Crippen LogP contribution in [-0.4, -0.2) is 26.0 Å². The first-order valence-electron chi connectivity index (χ1n) is 7.44. The molecule has 2 heteroatoms. The summed E-state index contributed by atoms with van der Waals surface area (Å²) in [5.74, 6) is 0. The number of rotatable bonds is 7. The van der Waals surface area contributed by atoms with Crippen LogP contribution in [0.4, 0.5) is 0 Å². The summed E-state index contributed by atoms with van der Waals surface area (Å²) in [5.41, 5.74) is 2.24. The van der Waals surface area contributed by atoms with Crippen LogP contribution in [0.3, 0.4) is 0 Å². The Morgan fingerprint density at radius 1 is 1.05 bits per heavy atom. The zero-order chi connectivity index (χ0) is 14.9. The number of aliphatic hydroxyl groups is 1. The Kier molecular flexibility index (Phi) is 7.03. The van der Waals surface area contributed by atoms with E-state index in [1.807, 2.05) is 36.4 Å². The molecule has 0 aromatic heterocycles. The van der Waals surface area contributed by atoms with E-state index < -0.39 is 6.10 Å². The van der Waals surface area contributed by atoms with Crippen molar-refractivity contribution in [2.24, 2.45) is 0 Å². The van der Waals surface area contributed by atoms with Crippen molar-refractivity contribution in [1.29, 1.82) is 0 Å². The van der Waals surface area contributed by atoms with Crippen LogP contribution in [0.25, 0.3) is 3.62 Å². The van der Waals surface area contributed by atoms with Gasteiger partial charge in [-0.1, -0.05) is 0 Å². The van der Waals surface area contributed by atoms with E-state index in [9.17, 15) is 5.11 Å². The molecular formula is C19H22OTe. The summed E-state index contributed by atoms with van der Waals surface area (Å²) in [6, 6.07) is 20.4. The Labute approximate surface area is 137 Å². The van der Waals surface area contributed by atoms with Gasteiger partial charge in [0.1, 0.15) is 0 Å². The molecule has 2 aromatic rings. The van der Waals surface area contributed by atoms with Crippen LogP contribution < -0.4 is 0 Å². The molecule has 110 valence electrons. The zero-order valence-electron chi connectivity index (χ0n) is 12.4. The monoisotopic (exact) mass is 396 g/mol. The van der Waals surface area contributed by atoms with Gasteiger partial charge in [-0.3, -0.25) is 0 Å². The average Bonchev–Trinajstić information content (AvgIpc) is 2.55. The molecule has 1 nitrogen and oxygen atoms in total. The van der Waals surface area contributed by atoms with E-state index in [1.54, 1.807) is 0 Å². The van der Waals surface area contributed by atoms with Crippen molar-refractivity contribution in [2.75, 3.05) is 0 Å². The van der Waals surface area contributed by atoms with E-state index in [0.717, 1.165) is 5.56 Å². The van der Waals surface area contributed by atoms with Gasteiger partial charge in [0.15, 0.2) is 0 Å². The summed E-state index contributed by atoms with van der Waals surface area (Å²) < 4.78 is 2.66. The van der Waals surface area contributed by atoms with E-state index in [2.05, 4.69) is 37.3 Å². The quantitative estimate of drug-likeness (QED) is 0.534. The van der Waals surface area contributed by atoms with Crippen LogP contribution in [0.5, 0.6) is 0 Å². The number of hydrogen-bond acceptors (Lipinski definition) is 1. The molecule has 1 N–H and O–H groups in total. The molecule has 0 bridgehead atoms. The number of aliphatic hydroxyl groups excluding tert-OH is 1. The molecule has 0 saturated carbocycles. The summed E-state index contributed by atoms with van der Waals surface area (Å²) >= 11 is -0.244. The molecule has 2 aromatic carbocycles. The van der Waals surface area contributed by atoms with Crippen molar-refractivity contribution >= 4 is 24.5 Å². The molecule has 0 heterocycles. The predicted octanol–water partition coefficient (Wildman–Crippen LogP) is 4.68. The van der Waals surface area contributed by atoms with Crippen LogP contribution in [0.1, 0.15) is 37.0 Å². The van der Waals surface area contributed by atoms with Gasteiger partial charge in [-0.2, -0.15) is 0 Å². The van der Waals surface area contributed by atoms with E-state index in [1.165, 1.54) is 26.5 Å². The first kappa shape index (κ1) is 16.3. The van der Waals surface area contributed by atoms with E-state index in [0.29, 0.717) is 0 Å². The number of hydrogen-bond donors (Lipinski definition) is 1. The molecule has 0 aliphatic heterocycles. The third-order valence-corrected chi connectivity index (χ3v) is 6.62. The third-order valence-electron chi connectivity index (χ3n) is 3.26. The fourth-order valence-corrected chi connectivity index (χ4v) is 5.42. The average molecular weight is 394 g/mol. The third kappa shape index (κ3) is 5.32. The molecule has 0 aliphatic rings. The van der Waals surface area contributed by atoms with Gasteiger partial charge in [-0.25, -0.2) is 0 Å². The maximum atomic E-state index is 10.5. The van der Waals surface area contributed by atoms with Gasteiger partial charge in [-0.05, 0) is 0 Å². The minimum atomic E-state index is -0.506. The Balaban J connectivity index is 2.20. The van der Waals surface area contributed by atoms with Crippen molar-refractivity contribution < 1.29 is 5.11 Å². The molecule has 0 radical (unpaired) electrons. The van der Waals surface area contributed by atoms with Crippen molar-refractivity contribution in [3.05, 3.63) is 77.9 Å².